The van der Waals surface area contributed by atoms with E-state index in [0.29, 0.717) is 32.8 Å². The Morgan fingerprint density at radius 1 is 1.33 bits per heavy atom. The highest BCUT2D eigenvalue weighted by Gasteiger charge is 2.38. The second-order valence-corrected chi connectivity index (χ2v) is 5.98. The number of alkyl halides is 3. The van der Waals surface area contributed by atoms with Crippen molar-refractivity contribution in [3.8, 4) is 0 Å². The largest absolute Gasteiger partial charge is 0.435 e. The van der Waals surface area contributed by atoms with Gasteiger partial charge in [0.1, 0.15) is 6.54 Å². The van der Waals surface area contributed by atoms with Crippen molar-refractivity contribution in [1.29, 1.82) is 0 Å². The van der Waals surface area contributed by atoms with Gasteiger partial charge in [-0.1, -0.05) is 0 Å². The maximum Gasteiger partial charge on any atom is 0.435 e. The minimum Gasteiger partial charge on any atom is -0.390 e. The molecule has 1 N–H and O–H groups in total. The Kier molecular flexibility index (Phi) is 4.79. The van der Waals surface area contributed by atoms with Crippen LogP contribution in [0.2, 0.25) is 0 Å². The van der Waals surface area contributed by atoms with Crippen LogP contribution in [0, 0.1) is 0 Å². The first kappa shape index (κ1) is 17.2. The van der Waals surface area contributed by atoms with Crippen molar-refractivity contribution in [3.05, 3.63) is 18.0 Å². The summed E-state index contributed by atoms with van der Waals surface area (Å²) >= 11 is 0. The van der Waals surface area contributed by atoms with E-state index in [-0.39, 0.29) is 25.0 Å². The number of hydrogen-bond acceptors (Lipinski definition) is 5. The van der Waals surface area contributed by atoms with Crippen LogP contribution in [0.15, 0.2) is 12.3 Å². The Bertz CT molecular complexity index is 586. The van der Waals surface area contributed by atoms with Gasteiger partial charge in [0.15, 0.2) is 5.69 Å². The highest BCUT2D eigenvalue weighted by atomic mass is 19.4. The average Bonchev–Trinajstić information content (AvgIpc) is 3.14. The van der Waals surface area contributed by atoms with Crippen LogP contribution in [0.25, 0.3) is 0 Å². The van der Waals surface area contributed by atoms with Gasteiger partial charge in [-0.25, -0.2) is 0 Å². The Morgan fingerprint density at radius 2 is 2.04 bits per heavy atom. The van der Waals surface area contributed by atoms with E-state index >= 15 is 0 Å². The first-order chi connectivity index (χ1) is 11.3. The number of carbonyl (C=O) groups is 1. The summed E-state index contributed by atoms with van der Waals surface area (Å²) in [6, 6.07) is 0.670. The van der Waals surface area contributed by atoms with Crippen molar-refractivity contribution in [1.82, 2.24) is 19.6 Å². The molecule has 0 radical (unpaired) electrons. The van der Waals surface area contributed by atoms with Gasteiger partial charge >= 0.3 is 6.18 Å². The summed E-state index contributed by atoms with van der Waals surface area (Å²) in [6.07, 6.45) is -4.07. The lowest BCUT2D eigenvalue weighted by molar-refractivity contribution is -0.142. The van der Waals surface area contributed by atoms with E-state index in [1.54, 1.807) is 0 Å². The van der Waals surface area contributed by atoms with Crippen molar-refractivity contribution < 1.29 is 27.8 Å². The third-order valence-electron chi connectivity index (χ3n) is 4.35. The fourth-order valence-corrected chi connectivity index (χ4v) is 3.08. The van der Waals surface area contributed by atoms with Crippen molar-refractivity contribution in [2.75, 3.05) is 39.4 Å². The SMILES string of the molecule is O=C(Cn1ccc(C(F)(F)F)n1)N1C[C@@H](O)[C@H](N2CCOCC2)C1. The second-order valence-electron chi connectivity index (χ2n) is 5.98. The van der Waals surface area contributed by atoms with Crippen molar-refractivity contribution in [2.24, 2.45) is 0 Å². The number of aromatic nitrogens is 2. The minimum absolute atomic E-state index is 0.166. The number of ether oxygens (including phenoxy) is 1. The number of aliphatic hydroxyl groups is 1. The number of carbonyl (C=O) groups excluding carboxylic acids is 1. The van der Waals surface area contributed by atoms with Gasteiger partial charge in [-0.05, 0) is 6.07 Å². The monoisotopic (exact) mass is 348 g/mol. The number of aliphatic hydroxyl groups excluding tert-OH is 1. The molecule has 0 spiro atoms. The molecular weight excluding hydrogens is 329 g/mol. The van der Waals surface area contributed by atoms with Crippen molar-refractivity contribution in [2.45, 2.75) is 24.9 Å². The smallest absolute Gasteiger partial charge is 0.390 e. The first-order valence-corrected chi connectivity index (χ1v) is 7.73. The van der Waals surface area contributed by atoms with Gasteiger partial charge in [-0.3, -0.25) is 14.4 Å². The molecule has 3 rings (SSSR count). The number of rotatable bonds is 3. The number of amides is 1. The lowest BCUT2D eigenvalue weighted by Crippen LogP contribution is -2.49. The molecule has 0 aromatic carbocycles. The Hall–Kier alpha value is -1.65. The minimum atomic E-state index is -4.53. The highest BCUT2D eigenvalue weighted by molar-refractivity contribution is 5.76. The predicted molar refractivity (Wildman–Crippen MR) is 76.0 cm³/mol. The maximum absolute atomic E-state index is 12.5. The van der Waals surface area contributed by atoms with Crippen LogP contribution in [0.1, 0.15) is 5.69 Å². The molecule has 2 aliphatic rings. The lowest BCUT2D eigenvalue weighted by Gasteiger charge is -2.33. The quantitative estimate of drug-likeness (QED) is 0.820. The molecule has 3 heterocycles. The number of nitrogens with zero attached hydrogens (tertiary/aromatic N) is 4. The Labute approximate surface area is 136 Å². The molecule has 24 heavy (non-hydrogen) atoms. The van der Waals surface area contributed by atoms with Crippen LogP contribution in [-0.2, 0) is 22.3 Å². The van der Waals surface area contributed by atoms with Gasteiger partial charge < -0.3 is 14.7 Å². The fraction of sp³-hybridized carbons (Fsp3) is 0.714. The molecule has 0 unspecified atom stereocenters. The van der Waals surface area contributed by atoms with E-state index < -0.39 is 18.0 Å². The summed E-state index contributed by atoms with van der Waals surface area (Å²) in [6.45, 7) is 2.81. The molecule has 1 aromatic rings. The van der Waals surface area contributed by atoms with E-state index in [9.17, 15) is 23.1 Å². The molecule has 0 saturated carbocycles. The molecule has 1 amide bonds. The van der Waals surface area contributed by atoms with E-state index in [1.165, 1.54) is 4.90 Å². The number of morpholine rings is 1. The zero-order valence-corrected chi connectivity index (χ0v) is 12.9. The molecule has 0 bridgehead atoms. The van der Waals surface area contributed by atoms with Gasteiger partial charge in [-0.2, -0.15) is 18.3 Å². The molecule has 10 heteroatoms. The zero-order valence-electron chi connectivity index (χ0n) is 12.9. The van der Waals surface area contributed by atoms with E-state index in [0.717, 1.165) is 16.9 Å². The highest BCUT2D eigenvalue weighted by Crippen LogP contribution is 2.27. The molecule has 2 atom stereocenters. The lowest BCUT2D eigenvalue weighted by atomic mass is 10.2. The van der Waals surface area contributed by atoms with Crippen LogP contribution in [0.3, 0.4) is 0 Å². The zero-order chi connectivity index (χ0) is 17.3. The maximum atomic E-state index is 12.5. The topological polar surface area (TPSA) is 70.8 Å². The summed E-state index contributed by atoms with van der Waals surface area (Å²) in [5.41, 5.74) is -1.03. The van der Waals surface area contributed by atoms with Gasteiger partial charge in [0.25, 0.3) is 0 Å². The third-order valence-corrected chi connectivity index (χ3v) is 4.35. The molecule has 2 fully saturated rings. The van der Waals surface area contributed by atoms with Gasteiger partial charge in [0.05, 0.1) is 25.4 Å². The van der Waals surface area contributed by atoms with Crippen molar-refractivity contribution >= 4 is 5.91 Å². The van der Waals surface area contributed by atoms with Crippen LogP contribution < -0.4 is 0 Å². The summed E-state index contributed by atoms with van der Waals surface area (Å²) in [5.74, 6) is -0.360. The standard InChI is InChI=1S/C14H19F3N4O3/c15-14(16,17)12-1-2-21(18-12)9-13(23)20-7-10(11(22)8-20)19-3-5-24-6-4-19/h1-2,10-11,22H,3-9H2/t10-,11-/m1/s1. The third kappa shape index (κ3) is 3.70. The van der Waals surface area contributed by atoms with Crippen molar-refractivity contribution in [3.63, 3.8) is 0 Å². The van der Waals surface area contributed by atoms with Crippen LogP contribution in [0.4, 0.5) is 13.2 Å². The number of likely N-dealkylation sites (tertiary alicyclic amines) is 1. The van der Waals surface area contributed by atoms with Gasteiger partial charge in [0, 0.05) is 32.4 Å². The van der Waals surface area contributed by atoms with Crippen LogP contribution in [0.5, 0.6) is 0 Å². The summed E-state index contributed by atoms with van der Waals surface area (Å²) < 4.78 is 43.8. The number of β-amino-alcohol motifs (C(OH)–C–C–N with tert-alkyl or cyclic N) is 1. The molecule has 7 nitrogen and oxygen atoms in total. The fourth-order valence-electron chi connectivity index (χ4n) is 3.08. The number of hydrogen-bond donors (Lipinski definition) is 1. The Balaban J connectivity index is 1.58. The van der Waals surface area contributed by atoms with Gasteiger partial charge in [0.2, 0.25) is 5.91 Å². The summed E-state index contributed by atoms with van der Waals surface area (Å²) in [4.78, 5) is 15.8. The molecule has 1 aromatic heterocycles. The summed E-state index contributed by atoms with van der Waals surface area (Å²) in [7, 11) is 0. The van der Waals surface area contributed by atoms with E-state index in [4.69, 9.17) is 4.74 Å². The molecular formula is C14H19F3N4O3. The molecule has 2 aliphatic heterocycles. The Morgan fingerprint density at radius 3 is 2.67 bits per heavy atom. The van der Waals surface area contributed by atoms with E-state index in [2.05, 4.69) is 10.00 Å². The molecule has 134 valence electrons. The molecule has 2 saturated heterocycles. The van der Waals surface area contributed by atoms with Crippen LogP contribution in [-0.4, -0.2) is 82.1 Å². The normalized spacial score (nSPS) is 26.1. The number of halogens is 3. The molecule has 0 aliphatic carbocycles. The summed E-state index contributed by atoms with van der Waals surface area (Å²) in [5, 5.41) is 13.6. The van der Waals surface area contributed by atoms with Crippen LogP contribution >= 0.6 is 0 Å². The second kappa shape index (κ2) is 6.69. The predicted octanol–water partition coefficient (Wildman–Crippen LogP) is -0.194. The van der Waals surface area contributed by atoms with Gasteiger partial charge in [-0.15, -0.1) is 0 Å². The average molecular weight is 348 g/mol. The van der Waals surface area contributed by atoms with E-state index in [1.807, 2.05) is 0 Å². The first-order valence-electron chi connectivity index (χ1n) is 7.73.